The summed E-state index contributed by atoms with van der Waals surface area (Å²) < 4.78 is 10.9. The molecule has 0 saturated carbocycles. The molecule has 0 radical (unpaired) electrons. The Morgan fingerprint density at radius 3 is 2.13 bits per heavy atom. The van der Waals surface area contributed by atoms with Gasteiger partial charge in [0.1, 0.15) is 0 Å². The highest BCUT2D eigenvalue weighted by atomic mass is 16.5. The van der Waals surface area contributed by atoms with E-state index in [9.17, 15) is 0 Å². The zero-order chi connectivity index (χ0) is 12.1. The van der Waals surface area contributed by atoms with E-state index in [1.165, 1.54) is 0 Å². The van der Waals surface area contributed by atoms with Gasteiger partial charge in [-0.1, -0.05) is 6.92 Å². The third-order valence-corrected chi connectivity index (χ3v) is 2.90. The van der Waals surface area contributed by atoms with Crippen molar-refractivity contribution in [1.29, 1.82) is 0 Å². The van der Waals surface area contributed by atoms with E-state index in [0.29, 0.717) is 12.5 Å². The molecule has 0 aromatic carbocycles. The monoisotopic (exact) mass is 217 g/mol. The predicted molar refractivity (Wildman–Crippen MR) is 64.0 cm³/mol. The molecule has 15 heavy (non-hydrogen) atoms. The Balaban J connectivity index is 3.92. The summed E-state index contributed by atoms with van der Waals surface area (Å²) in [6.45, 7) is 11.8. The summed E-state index contributed by atoms with van der Waals surface area (Å²) in [6.07, 6.45) is 0.904. The highest BCUT2D eigenvalue weighted by molar-refractivity contribution is 4.80. The van der Waals surface area contributed by atoms with E-state index in [-0.39, 0.29) is 11.1 Å². The van der Waals surface area contributed by atoms with Crippen LogP contribution in [-0.2, 0) is 9.47 Å². The van der Waals surface area contributed by atoms with Crippen molar-refractivity contribution >= 4 is 0 Å². The molecule has 2 N–H and O–H groups in total. The van der Waals surface area contributed by atoms with Crippen molar-refractivity contribution in [3.05, 3.63) is 0 Å². The third kappa shape index (κ3) is 6.88. The van der Waals surface area contributed by atoms with Crippen LogP contribution in [0.4, 0.5) is 0 Å². The van der Waals surface area contributed by atoms with Gasteiger partial charge in [0.2, 0.25) is 0 Å². The molecular formula is C12H27NO2. The normalized spacial score (nSPS) is 15.4. The second-order valence-corrected chi connectivity index (χ2v) is 5.54. The lowest BCUT2D eigenvalue weighted by Gasteiger charge is -2.32. The Morgan fingerprint density at radius 2 is 1.73 bits per heavy atom. The molecule has 0 bridgehead atoms. The third-order valence-electron chi connectivity index (χ3n) is 2.90. The molecule has 0 heterocycles. The summed E-state index contributed by atoms with van der Waals surface area (Å²) in [5, 5.41) is 0. The molecule has 0 aliphatic rings. The summed E-state index contributed by atoms with van der Waals surface area (Å²) in [7, 11) is 1.71. The van der Waals surface area contributed by atoms with Crippen LogP contribution in [0.15, 0.2) is 0 Å². The SMILES string of the molecule is COCCC(C)(C)OCC(C)C(C)(C)N. The van der Waals surface area contributed by atoms with E-state index in [1.807, 2.05) is 13.8 Å². The first-order valence-electron chi connectivity index (χ1n) is 5.61. The van der Waals surface area contributed by atoms with E-state index in [0.717, 1.165) is 13.0 Å². The molecule has 1 atom stereocenters. The lowest BCUT2D eigenvalue weighted by Crippen LogP contribution is -2.43. The van der Waals surface area contributed by atoms with E-state index >= 15 is 0 Å². The summed E-state index contributed by atoms with van der Waals surface area (Å²) in [5.74, 6) is 0.347. The predicted octanol–water partition coefficient (Wildman–Crippen LogP) is 2.19. The number of rotatable bonds is 7. The fraction of sp³-hybridized carbons (Fsp3) is 1.00. The lowest BCUT2D eigenvalue weighted by molar-refractivity contribution is -0.0567. The summed E-state index contributed by atoms with van der Waals surface area (Å²) >= 11 is 0. The van der Waals surface area contributed by atoms with Crippen molar-refractivity contribution in [2.75, 3.05) is 20.3 Å². The van der Waals surface area contributed by atoms with Gasteiger partial charge in [-0.05, 0) is 40.0 Å². The standard InChI is InChI=1S/C12H27NO2/c1-10(12(4,5)13)9-15-11(2,3)7-8-14-6/h10H,7-9,13H2,1-6H3. The van der Waals surface area contributed by atoms with E-state index in [2.05, 4.69) is 20.8 Å². The van der Waals surface area contributed by atoms with Crippen LogP contribution >= 0.6 is 0 Å². The number of ether oxygens (including phenoxy) is 2. The topological polar surface area (TPSA) is 44.5 Å². The first kappa shape index (κ1) is 14.9. The molecule has 0 aromatic heterocycles. The molecule has 0 saturated heterocycles. The Bertz CT molecular complexity index is 173. The molecule has 0 aliphatic heterocycles. The van der Waals surface area contributed by atoms with Crippen LogP contribution in [0.1, 0.15) is 41.0 Å². The van der Waals surface area contributed by atoms with Crippen LogP contribution < -0.4 is 5.73 Å². The molecule has 1 unspecified atom stereocenters. The van der Waals surface area contributed by atoms with Gasteiger partial charge in [-0.25, -0.2) is 0 Å². The molecule has 0 fully saturated rings. The molecular weight excluding hydrogens is 190 g/mol. The van der Waals surface area contributed by atoms with Crippen LogP contribution in [0, 0.1) is 5.92 Å². The first-order chi connectivity index (χ1) is 6.69. The number of methoxy groups -OCH3 is 1. The quantitative estimate of drug-likeness (QED) is 0.711. The Morgan fingerprint density at radius 1 is 1.20 bits per heavy atom. The maximum Gasteiger partial charge on any atom is 0.0648 e. The molecule has 0 amide bonds. The molecule has 0 spiro atoms. The maximum atomic E-state index is 6.00. The molecule has 0 rings (SSSR count). The minimum atomic E-state index is -0.183. The highest BCUT2D eigenvalue weighted by Gasteiger charge is 2.24. The average molecular weight is 217 g/mol. The van der Waals surface area contributed by atoms with E-state index in [1.54, 1.807) is 7.11 Å². The minimum absolute atomic E-state index is 0.129. The van der Waals surface area contributed by atoms with Crippen molar-refractivity contribution in [2.45, 2.75) is 52.2 Å². The highest BCUT2D eigenvalue weighted by Crippen LogP contribution is 2.19. The number of hydrogen-bond donors (Lipinski definition) is 1. The smallest absolute Gasteiger partial charge is 0.0648 e. The van der Waals surface area contributed by atoms with Gasteiger partial charge in [0.15, 0.2) is 0 Å². The summed E-state index contributed by atoms with van der Waals surface area (Å²) in [5.41, 5.74) is 5.69. The van der Waals surface area contributed by atoms with Crippen LogP contribution in [0.2, 0.25) is 0 Å². The zero-order valence-corrected chi connectivity index (χ0v) is 11.1. The van der Waals surface area contributed by atoms with Gasteiger partial charge in [-0.3, -0.25) is 0 Å². The first-order valence-corrected chi connectivity index (χ1v) is 5.61. The molecule has 0 aromatic rings. The van der Waals surface area contributed by atoms with Crippen LogP contribution in [-0.4, -0.2) is 31.5 Å². The van der Waals surface area contributed by atoms with Gasteiger partial charge in [-0.2, -0.15) is 0 Å². The molecule has 3 heteroatoms. The van der Waals surface area contributed by atoms with Crippen molar-refractivity contribution < 1.29 is 9.47 Å². The average Bonchev–Trinajstić information content (AvgIpc) is 2.09. The Kier molecular flexibility index (Phi) is 5.78. The van der Waals surface area contributed by atoms with Gasteiger partial charge in [0, 0.05) is 19.3 Å². The molecule has 3 nitrogen and oxygen atoms in total. The van der Waals surface area contributed by atoms with Crippen molar-refractivity contribution in [1.82, 2.24) is 0 Å². The van der Waals surface area contributed by atoms with Crippen LogP contribution in [0.5, 0.6) is 0 Å². The van der Waals surface area contributed by atoms with Gasteiger partial charge in [-0.15, -0.1) is 0 Å². The van der Waals surface area contributed by atoms with Gasteiger partial charge >= 0.3 is 0 Å². The zero-order valence-electron chi connectivity index (χ0n) is 11.1. The van der Waals surface area contributed by atoms with Gasteiger partial charge in [0.05, 0.1) is 12.2 Å². The lowest BCUT2D eigenvalue weighted by atomic mass is 9.91. The fourth-order valence-electron chi connectivity index (χ4n) is 0.985. The minimum Gasteiger partial charge on any atom is -0.385 e. The second kappa shape index (κ2) is 5.83. The molecule has 0 aliphatic carbocycles. The second-order valence-electron chi connectivity index (χ2n) is 5.54. The Hall–Kier alpha value is -0.120. The van der Waals surface area contributed by atoms with E-state index in [4.69, 9.17) is 15.2 Å². The van der Waals surface area contributed by atoms with Crippen LogP contribution in [0.25, 0.3) is 0 Å². The van der Waals surface area contributed by atoms with Crippen molar-refractivity contribution in [2.24, 2.45) is 11.7 Å². The number of nitrogens with two attached hydrogens (primary N) is 1. The fourth-order valence-corrected chi connectivity index (χ4v) is 0.985. The number of hydrogen-bond acceptors (Lipinski definition) is 3. The van der Waals surface area contributed by atoms with Crippen LogP contribution in [0.3, 0.4) is 0 Å². The summed E-state index contributed by atoms with van der Waals surface area (Å²) in [4.78, 5) is 0. The van der Waals surface area contributed by atoms with Gasteiger partial charge < -0.3 is 15.2 Å². The van der Waals surface area contributed by atoms with Crippen molar-refractivity contribution in [3.63, 3.8) is 0 Å². The van der Waals surface area contributed by atoms with Gasteiger partial charge in [0.25, 0.3) is 0 Å². The van der Waals surface area contributed by atoms with Crippen molar-refractivity contribution in [3.8, 4) is 0 Å². The summed E-state index contributed by atoms with van der Waals surface area (Å²) in [6, 6.07) is 0. The molecule has 92 valence electrons. The maximum absolute atomic E-state index is 6.00. The van der Waals surface area contributed by atoms with E-state index < -0.39 is 0 Å². The largest absolute Gasteiger partial charge is 0.385 e. The Labute approximate surface area is 94.3 Å².